The van der Waals surface area contributed by atoms with Gasteiger partial charge in [-0.25, -0.2) is 0 Å². The van der Waals surface area contributed by atoms with E-state index in [-0.39, 0.29) is 0 Å². The van der Waals surface area contributed by atoms with Gasteiger partial charge in [0.25, 0.3) is 0 Å². The first-order valence-corrected chi connectivity index (χ1v) is 17.3. The molecule has 4 heteroatoms. The minimum absolute atomic E-state index is 0.822. The summed E-state index contributed by atoms with van der Waals surface area (Å²) in [5.74, 6) is 0. The van der Waals surface area contributed by atoms with Crippen molar-refractivity contribution in [2.45, 2.75) is 0 Å². The second-order valence-electron chi connectivity index (χ2n) is 11.7. The van der Waals surface area contributed by atoms with Gasteiger partial charge in [0.2, 0.25) is 0 Å². The zero-order valence-corrected chi connectivity index (χ0v) is 25.9. The smallest absolute Gasteiger partial charge is 0.171 e. The molecule has 0 unspecified atom stereocenters. The number of aromatic nitrogens is 2. The second-order valence-corrected chi connectivity index (χ2v) is 14.5. The lowest BCUT2D eigenvalue weighted by molar-refractivity contribution is 0.592. The molecule has 0 spiro atoms. The molecule has 9 rings (SSSR count). The highest BCUT2D eigenvalue weighted by molar-refractivity contribution is 7.85. The minimum atomic E-state index is -3.06. The van der Waals surface area contributed by atoms with Crippen LogP contribution in [0.25, 0.3) is 55.0 Å². The first-order valence-electron chi connectivity index (χ1n) is 15.6. The lowest BCUT2D eigenvalue weighted by atomic mass is 10.1. The second kappa shape index (κ2) is 10.5. The summed E-state index contributed by atoms with van der Waals surface area (Å²) in [7, 11) is -3.06. The van der Waals surface area contributed by atoms with E-state index in [1.807, 2.05) is 72.8 Å². The molecule has 0 bridgehead atoms. The quantitative estimate of drug-likeness (QED) is 0.179. The van der Waals surface area contributed by atoms with E-state index in [0.29, 0.717) is 0 Å². The van der Waals surface area contributed by atoms with Crippen LogP contribution in [0, 0.1) is 0 Å². The third-order valence-corrected chi connectivity index (χ3v) is 12.3. The van der Waals surface area contributed by atoms with Gasteiger partial charge in [-0.2, -0.15) is 0 Å². The molecule has 0 amide bonds. The molecule has 2 heterocycles. The lowest BCUT2D eigenvalue weighted by Crippen LogP contribution is -2.24. The number of para-hydroxylation sites is 3. The molecule has 46 heavy (non-hydrogen) atoms. The summed E-state index contributed by atoms with van der Waals surface area (Å²) < 4.78 is 19.7. The van der Waals surface area contributed by atoms with Crippen LogP contribution in [0.5, 0.6) is 0 Å². The van der Waals surface area contributed by atoms with Crippen molar-refractivity contribution in [2.75, 3.05) is 0 Å². The van der Waals surface area contributed by atoms with E-state index in [9.17, 15) is 4.57 Å². The predicted molar refractivity (Wildman–Crippen MR) is 195 cm³/mol. The molecule has 0 aliphatic heterocycles. The van der Waals surface area contributed by atoms with Crippen LogP contribution in [0.15, 0.2) is 176 Å². The number of benzene rings is 7. The lowest BCUT2D eigenvalue weighted by Gasteiger charge is -2.20. The number of nitrogens with zero attached hydrogens (tertiary/aromatic N) is 2. The Hall–Kier alpha value is -5.63. The highest BCUT2D eigenvalue weighted by atomic mass is 31.2. The van der Waals surface area contributed by atoms with Gasteiger partial charge in [0, 0.05) is 48.8 Å². The molecule has 2 aromatic heterocycles. The number of hydrogen-bond donors (Lipinski definition) is 0. The van der Waals surface area contributed by atoms with Crippen molar-refractivity contribution in [3.8, 4) is 11.4 Å². The molecule has 3 nitrogen and oxygen atoms in total. The van der Waals surface area contributed by atoms with Gasteiger partial charge in [0.1, 0.15) is 0 Å². The molecule has 7 aromatic carbocycles. The Morgan fingerprint density at radius 2 is 0.696 bits per heavy atom. The first-order chi connectivity index (χ1) is 22.7. The number of hydrogen-bond acceptors (Lipinski definition) is 1. The topological polar surface area (TPSA) is 26.9 Å². The van der Waals surface area contributed by atoms with Gasteiger partial charge in [-0.05, 0) is 60.7 Å². The van der Waals surface area contributed by atoms with Crippen molar-refractivity contribution in [1.82, 2.24) is 9.13 Å². The minimum Gasteiger partial charge on any atom is -0.309 e. The third kappa shape index (κ3) is 3.96. The van der Waals surface area contributed by atoms with E-state index >= 15 is 0 Å². The summed E-state index contributed by atoms with van der Waals surface area (Å²) in [6, 6.07) is 60.6. The van der Waals surface area contributed by atoms with E-state index in [2.05, 4.69) is 112 Å². The fraction of sp³-hybridized carbons (Fsp3) is 0. The van der Waals surface area contributed by atoms with Gasteiger partial charge in [0.05, 0.1) is 22.1 Å². The van der Waals surface area contributed by atoms with Crippen LogP contribution in [-0.4, -0.2) is 9.13 Å². The van der Waals surface area contributed by atoms with Gasteiger partial charge in [-0.15, -0.1) is 0 Å². The molecule has 0 radical (unpaired) electrons. The van der Waals surface area contributed by atoms with Gasteiger partial charge in [0.15, 0.2) is 7.14 Å². The summed E-state index contributed by atoms with van der Waals surface area (Å²) in [5.41, 5.74) is 6.83. The van der Waals surface area contributed by atoms with Crippen LogP contribution in [0.3, 0.4) is 0 Å². The van der Waals surface area contributed by atoms with Crippen molar-refractivity contribution in [3.05, 3.63) is 176 Å². The van der Waals surface area contributed by atoms with Gasteiger partial charge >= 0.3 is 0 Å². The largest absolute Gasteiger partial charge is 0.309 e. The molecule has 0 atom stereocenters. The molecule has 0 saturated carbocycles. The fourth-order valence-electron chi connectivity index (χ4n) is 7.11. The van der Waals surface area contributed by atoms with E-state index in [1.165, 1.54) is 32.6 Å². The summed E-state index contributed by atoms with van der Waals surface area (Å²) in [6.07, 6.45) is 0. The number of rotatable bonds is 5. The zero-order valence-electron chi connectivity index (χ0n) is 25.0. The average Bonchev–Trinajstić information content (AvgIpc) is 3.65. The Bertz CT molecular complexity index is 2500. The molecule has 0 saturated heterocycles. The van der Waals surface area contributed by atoms with Crippen molar-refractivity contribution >= 4 is 66.7 Å². The van der Waals surface area contributed by atoms with Crippen LogP contribution in [0.4, 0.5) is 0 Å². The maximum atomic E-state index is 15.0. The van der Waals surface area contributed by atoms with Crippen molar-refractivity contribution in [1.29, 1.82) is 0 Å². The van der Waals surface area contributed by atoms with E-state index in [4.69, 9.17) is 0 Å². The summed E-state index contributed by atoms with van der Waals surface area (Å²) in [6.45, 7) is 0. The molecular formula is C42H29N2OP. The van der Waals surface area contributed by atoms with Crippen LogP contribution in [0.1, 0.15) is 0 Å². The third-order valence-electron chi connectivity index (χ3n) is 9.21. The summed E-state index contributed by atoms with van der Waals surface area (Å²) in [4.78, 5) is 0. The maximum absolute atomic E-state index is 15.0. The van der Waals surface area contributed by atoms with Gasteiger partial charge in [-0.3, -0.25) is 0 Å². The predicted octanol–water partition coefficient (Wildman–Crippen LogP) is 9.52. The Balaban J connectivity index is 1.22. The molecule has 0 fully saturated rings. The Morgan fingerprint density at radius 3 is 1.22 bits per heavy atom. The average molecular weight is 609 g/mol. The number of fused-ring (bicyclic) bond motifs is 6. The van der Waals surface area contributed by atoms with Gasteiger partial charge in [-0.1, -0.05) is 115 Å². The monoisotopic (exact) mass is 608 g/mol. The Kier molecular flexibility index (Phi) is 6.09. The standard InChI is InChI=1S/C42H29N2OP/c45-46(32-13-3-1-4-14-32,33-15-5-2-6-16-33)34-26-23-30(24-27-34)43-41-22-12-9-19-37(41)38-29-31(25-28-42(38)43)44-39-20-10-7-17-35(39)36-18-8-11-21-40(36)44/h1-29H. The van der Waals surface area contributed by atoms with Crippen LogP contribution in [0.2, 0.25) is 0 Å². The molecule has 9 aromatic rings. The molecular weight excluding hydrogens is 579 g/mol. The van der Waals surface area contributed by atoms with E-state index in [0.717, 1.165) is 38.3 Å². The first kappa shape index (κ1) is 26.7. The summed E-state index contributed by atoms with van der Waals surface area (Å²) >= 11 is 0. The van der Waals surface area contributed by atoms with Crippen molar-refractivity contribution < 1.29 is 4.57 Å². The Labute approximate surface area is 267 Å². The van der Waals surface area contributed by atoms with Crippen molar-refractivity contribution in [2.24, 2.45) is 0 Å². The van der Waals surface area contributed by atoms with E-state index < -0.39 is 7.14 Å². The maximum Gasteiger partial charge on any atom is 0.171 e. The SMILES string of the molecule is O=P(c1ccccc1)(c1ccccc1)c1ccc(-n2c3ccccc3c3cc(-n4c5ccccc5c5ccccc54)ccc32)cc1. The van der Waals surface area contributed by atoms with Crippen LogP contribution >= 0.6 is 7.14 Å². The highest BCUT2D eigenvalue weighted by Crippen LogP contribution is 2.43. The van der Waals surface area contributed by atoms with Crippen molar-refractivity contribution in [3.63, 3.8) is 0 Å². The highest BCUT2D eigenvalue weighted by Gasteiger charge is 2.29. The molecule has 0 N–H and O–H groups in total. The zero-order chi connectivity index (χ0) is 30.7. The Morgan fingerprint density at radius 1 is 0.326 bits per heavy atom. The fourth-order valence-corrected chi connectivity index (χ4v) is 9.76. The van der Waals surface area contributed by atoms with E-state index in [1.54, 1.807) is 0 Å². The van der Waals surface area contributed by atoms with Crippen LogP contribution < -0.4 is 15.9 Å². The normalized spacial score (nSPS) is 12.0. The summed E-state index contributed by atoms with van der Waals surface area (Å²) in [5, 5.41) is 7.39. The molecule has 0 aliphatic rings. The molecule has 218 valence electrons. The molecule has 0 aliphatic carbocycles. The van der Waals surface area contributed by atoms with Crippen LogP contribution in [-0.2, 0) is 4.57 Å². The van der Waals surface area contributed by atoms with Gasteiger partial charge < -0.3 is 13.7 Å².